The highest BCUT2D eigenvalue weighted by molar-refractivity contribution is 5.85. The molecule has 0 aliphatic carbocycles. The number of nitrogens with zero attached hydrogens (tertiary/aromatic N) is 2. The van der Waals surface area contributed by atoms with Crippen LogP contribution in [0.1, 0.15) is 11.1 Å². The third-order valence-corrected chi connectivity index (χ3v) is 4.64. The lowest BCUT2D eigenvalue weighted by atomic mass is 10.1. The van der Waals surface area contributed by atoms with Gasteiger partial charge in [-0.25, -0.2) is 0 Å². The van der Waals surface area contributed by atoms with E-state index in [9.17, 15) is 0 Å². The minimum Gasteiger partial charge on any atom is -0.311 e. The number of rotatable bonds is 6. The number of aryl methyl sites for hydroxylation is 1. The van der Waals surface area contributed by atoms with Gasteiger partial charge in [-0.1, -0.05) is 66.2 Å². The van der Waals surface area contributed by atoms with E-state index in [2.05, 4.69) is 107 Å². The first-order chi connectivity index (χ1) is 14.3. The fraction of sp³-hybridized carbons (Fsp3) is 0.0385. The molecule has 0 saturated carbocycles. The normalized spacial score (nSPS) is 10.4. The summed E-state index contributed by atoms with van der Waals surface area (Å²) >= 11 is 0. The van der Waals surface area contributed by atoms with Gasteiger partial charge in [0.25, 0.3) is 0 Å². The number of para-hydroxylation sites is 2. The van der Waals surface area contributed by atoms with E-state index in [-0.39, 0.29) is 12.4 Å². The molecule has 0 aliphatic rings. The molecule has 0 fully saturated rings. The van der Waals surface area contributed by atoms with Gasteiger partial charge in [0, 0.05) is 17.1 Å². The van der Waals surface area contributed by atoms with E-state index in [0.717, 1.165) is 28.3 Å². The molecule has 150 valence electrons. The van der Waals surface area contributed by atoms with E-state index in [4.69, 9.17) is 0 Å². The highest BCUT2D eigenvalue weighted by atomic mass is 35.5. The number of halogens is 1. The van der Waals surface area contributed by atoms with Crippen LogP contribution in [0.2, 0.25) is 0 Å². The maximum absolute atomic E-state index is 4.34. The first-order valence-corrected chi connectivity index (χ1v) is 9.66. The molecule has 0 radical (unpaired) electrons. The zero-order chi connectivity index (χ0) is 19.9. The second kappa shape index (κ2) is 10.3. The van der Waals surface area contributed by atoms with Crippen LogP contribution in [0.25, 0.3) is 0 Å². The van der Waals surface area contributed by atoms with Crippen molar-refractivity contribution >= 4 is 41.4 Å². The van der Waals surface area contributed by atoms with Gasteiger partial charge >= 0.3 is 0 Å². The van der Waals surface area contributed by atoms with E-state index in [0.29, 0.717) is 0 Å². The minimum absolute atomic E-state index is 0. The van der Waals surface area contributed by atoms with Crippen molar-refractivity contribution in [3.63, 3.8) is 0 Å². The van der Waals surface area contributed by atoms with Crippen LogP contribution < -0.4 is 10.3 Å². The summed E-state index contributed by atoms with van der Waals surface area (Å²) in [7, 11) is 0. The van der Waals surface area contributed by atoms with Gasteiger partial charge in [-0.05, 0) is 61.0 Å². The second-order valence-corrected chi connectivity index (χ2v) is 6.83. The van der Waals surface area contributed by atoms with Gasteiger partial charge in [0.1, 0.15) is 0 Å². The van der Waals surface area contributed by atoms with Crippen molar-refractivity contribution in [2.24, 2.45) is 5.10 Å². The van der Waals surface area contributed by atoms with Crippen LogP contribution in [-0.4, -0.2) is 6.21 Å². The van der Waals surface area contributed by atoms with E-state index in [1.807, 2.05) is 30.5 Å². The van der Waals surface area contributed by atoms with Gasteiger partial charge < -0.3 is 4.90 Å². The standard InChI is InChI=1S/C26H23N3.ClH/c1-21-12-16-23(17-13-21)28-27-20-22-14-18-26(19-15-22)29(24-8-4-2-5-9-24)25-10-6-3-7-11-25;/h2-20,28H,1H3;1H. The average molecular weight is 414 g/mol. The summed E-state index contributed by atoms with van der Waals surface area (Å²) in [6.45, 7) is 2.07. The molecule has 4 heteroatoms. The smallest absolute Gasteiger partial charge is 0.0561 e. The van der Waals surface area contributed by atoms with Crippen LogP contribution in [0.5, 0.6) is 0 Å². The first-order valence-electron chi connectivity index (χ1n) is 9.66. The van der Waals surface area contributed by atoms with Crippen LogP contribution in [0, 0.1) is 6.92 Å². The zero-order valence-corrected chi connectivity index (χ0v) is 17.6. The molecule has 4 aromatic rings. The van der Waals surface area contributed by atoms with E-state index >= 15 is 0 Å². The molecule has 30 heavy (non-hydrogen) atoms. The van der Waals surface area contributed by atoms with Crippen LogP contribution in [0.4, 0.5) is 22.7 Å². The molecule has 0 aromatic heterocycles. The van der Waals surface area contributed by atoms with Gasteiger partial charge in [0.05, 0.1) is 11.9 Å². The molecule has 0 amide bonds. The third-order valence-electron chi connectivity index (χ3n) is 4.64. The zero-order valence-electron chi connectivity index (χ0n) is 16.8. The van der Waals surface area contributed by atoms with Gasteiger partial charge in [-0.15, -0.1) is 12.4 Å². The highest BCUT2D eigenvalue weighted by Crippen LogP contribution is 2.33. The number of benzene rings is 4. The molecule has 4 rings (SSSR count). The van der Waals surface area contributed by atoms with Crippen molar-refractivity contribution in [2.45, 2.75) is 6.92 Å². The summed E-state index contributed by atoms with van der Waals surface area (Å²) in [5.74, 6) is 0. The molecule has 0 aliphatic heterocycles. The van der Waals surface area contributed by atoms with Crippen LogP contribution in [0.15, 0.2) is 114 Å². The van der Waals surface area contributed by atoms with Gasteiger partial charge in [0.2, 0.25) is 0 Å². The molecule has 0 atom stereocenters. The third kappa shape index (κ3) is 5.28. The molecule has 0 heterocycles. The second-order valence-electron chi connectivity index (χ2n) is 6.83. The summed E-state index contributed by atoms with van der Waals surface area (Å²) < 4.78 is 0. The fourth-order valence-corrected chi connectivity index (χ4v) is 3.12. The summed E-state index contributed by atoms with van der Waals surface area (Å²) in [6.07, 6.45) is 1.83. The Morgan fingerprint density at radius 3 is 1.67 bits per heavy atom. The van der Waals surface area contributed by atoms with Gasteiger partial charge in [-0.2, -0.15) is 5.10 Å². The van der Waals surface area contributed by atoms with E-state index < -0.39 is 0 Å². The molecular weight excluding hydrogens is 390 g/mol. The van der Waals surface area contributed by atoms with Crippen molar-refractivity contribution < 1.29 is 0 Å². The van der Waals surface area contributed by atoms with Crippen LogP contribution in [-0.2, 0) is 0 Å². The largest absolute Gasteiger partial charge is 0.311 e. The Kier molecular flexibility index (Phi) is 7.25. The van der Waals surface area contributed by atoms with Crippen LogP contribution in [0.3, 0.4) is 0 Å². The summed E-state index contributed by atoms with van der Waals surface area (Å²) in [6, 6.07) is 37.3. The Hall–Kier alpha value is -3.56. The summed E-state index contributed by atoms with van der Waals surface area (Å²) in [4.78, 5) is 2.24. The molecule has 0 unspecified atom stereocenters. The summed E-state index contributed by atoms with van der Waals surface area (Å²) in [5.41, 5.74) is 9.67. The summed E-state index contributed by atoms with van der Waals surface area (Å²) in [5, 5.41) is 4.34. The molecule has 0 bridgehead atoms. The average Bonchev–Trinajstić information content (AvgIpc) is 2.78. The Balaban J connectivity index is 0.00000256. The number of hydrazone groups is 1. The Bertz CT molecular complexity index is 1020. The maximum Gasteiger partial charge on any atom is 0.0561 e. The molecule has 0 spiro atoms. The maximum atomic E-state index is 4.34. The quantitative estimate of drug-likeness (QED) is 0.264. The highest BCUT2D eigenvalue weighted by Gasteiger charge is 2.11. The van der Waals surface area contributed by atoms with Crippen LogP contribution >= 0.6 is 12.4 Å². The molecule has 3 nitrogen and oxygen atoms in total. The number of nitrogens with one attached hydrogen (secondary N) is 1. The van der Waals surface area contributed by atoms with Gasteiger partial charge in [0.15, 0.2) is 0 Å². The van der Waals surface area contributed by atoms with Crippen molar-refractivity contribution in [3.8, 4) is 0 Å². The number of anilines is 4. The van der Waals surface area contributed by atoms with E-state index in [1.54, 1.807) is 0 Å². The molecular formula is C26H24ClN3. The monoisotopic (exact) mass is 413 g/mol. The lowest BCUT2D eigenvalue weighted by Gasteiger charge is -2.25. The molecule has 1 N–H and O–H groups in total. The minimum atomic E-state index is 0. The van der Waals surface area contributed by atoms with E-state index in [1.165, 1.54) is 5.56 Å². The lowest BCUT2D eigenvalue weighted by Crippen LogP contribution is -2.09. The first kappa shape index (κ1) is 21.2. The molecule has 0 saturated heterocycles. The van der Waals surface area contributed by atoms with Gasteiger partial charge in [-0.3, -0.25) is 5.43 Å². The Morgan fingerprint density at radius 1 is 0.633 bits per heavy atom. The fourth-order valence-electron chi connectivity index (χ4n) is 3.12. The van der Waals surface area contributed by atoms with Crippen molar-refractivity contribution in [1.29, 1.82) is 0 Å². The Labute approximate surface area is 184 Å². The lowest BCUT2D eigenvalue weighted by molar-refractivity contribution is 1.28. The molecule has 4 aromatic carbocycles. The van der Waals surface area contributed by atoms with Crippen molar-refractivity contribution in [1.82, 2.24) is 0 Å². The van der Waals surface area contributed by atoms with Crippen molar-refractivity contribution in [2.75, 3.05) is 10.3 Å². The Morgan fingerprint density at radius 2 is 1.13 bits per heavy atom. The number of hydrogen-bond donors (Lipinski definition) is 1. The SMILES string of the molecule is Cc1ccc(NN=Cc2ccc(N(c3ccccc3)c3ccccc3)cc2)cc1.Cl. The van der Waals surface area contributed by atoms with Crippen molar-refractivity contribution in [3.05, 3.63) is 120 Å². The predicted octanol–water partition coefficient (Wildman–Crippen LogP) is 7.33. The topological polar surface area (TPSA) is 27.6 Å². The predicted molar refractivity (Wildman–Crippen MR) is 131 cm³/mol. The number of hydrogen-bond acceptors (Lipinski definition) is 3.